The number of thiophene rings is 1. The first kappa shape index (κ1) is 13.9. The van der Waals surface area contributed by atoms with Crippen LogP contribution in [0.2, 0.25) is 0 Å². The lowest BCUT2D eigenvalue weighted by Crippen LogP contribution is -2.24. The van der Waals surface area contributed by atoms with Crippen LogP contribution in [0.1, 0.15) is 35.4 Å². The van der Waals surface area contributed by atoms with Crippen LogP contribution < -0.4 is 0 Å². The molecule has 2 aromatic rings. The van der Waals surface area contributed by atoms with E-state index in [0.29, 0.717) is 6.42 Å². The highest BCUT2D eigenvalue weighted by Gasteiger charge is 2.32. The second-order valence-electron chi connectivity index (χ2n) is 5.10. The minimum Gasteiger partial charge on any atom is -0.273 e. The van der Waals surface area contributed by atoms with Crippen LogP contribution in [0.15, 0.2) is 40.8 Å². The topological polar surface area (TPSA) is 32.7 Å². The van der Waals surface area contributed by atoms with Crippen LogP contribution in [0.4, 0.5) is 4.39 Å². The lowest BCUT2D eigenvalue weighted by Gasteiger charge is -2.19. The molecule has 3 nitrogen and oxygen atoms in total. The van der Waals surface area contributed by atoms with Gasteiger partial charge in [-0.3, -0.25) is 4.79 Å². The van der Waals surface area contributed by atoms with Crippen molar-refractivity contribution in [3.63, 3.8) is 0 Å². The molecule has 2 heterocycles. The normalized spacial score (nSPS) is 18.0. The summed E-state index contributed by atoms with van der Waals surface area (Å²) < 4.78 is 13.0. The van der Waals surface area contributed by atoms with Crippen LogP contribution in [-0.2, 0) is 4.79 Å². The molecule has 108 valence electrons. The van der Waals surface area contributed by atoms with Gasteiger partial charge in [-0.05, 0) is 41.6 Å². The predicted molar refractivity (Wildman–Crippen MR) is 81.9 cm³/mol. The van der Waals surface area contributed by atoms with Gasteiger partial charge in [-0.1, -0.05) is 12.1 Å². The molecule has 1 aromatic heterocycles. The lowest BCUT2D eigenvalue weighted by atomic mass is 10.0. The van der Waals surface area contributed by atoms with Gasteiger partial charge in [0.05, 0.1) is 11.8 Å². The molecule has 0 fully saturated rings. The molecule has 5 heteroatoms. The summed E-state index contributed by atoms with van der Waals surface area (Å²) in [6.07, 6.45) is 0.659. The fraction of sp³-hybridized carbons (Fsp3) is 0.250. The number of hydrogen-bond acceptors (Lipinski definition) is 3. The third-order valence-electron chi connectivity index (χ3n) is 3.61. The van der Waals surface area contributed by atoms with Gasteiger partial charge in [0, 0.05) is 18.2 Å². The van der Waals surface area contributed by atoms with Gasteiger partial charge < -0.3 is 0 Å². The summed E-state index contributed by atoms with van der Waals surface area (Å²) in [5, 5.41) is 8.02. The molecule has 0 saturated heterocycles. The number of carbonyl (C=O) groups is 1. The Hall–Kier alpha value is -2.01. The number of nitrogens with zero attached hydrogens (tertiary/aromatic N) is 2. The van der Waals surface area contributed by atoms with Gasteiger partial charge >= 0.3 is 0 Å². The first-order chi connectivity index (χ1) is 10.1. The molecule has 0 unspecified atom stereocenters. The largest absolute Gasteiger partial charge is 0.273 e. The molecule has 0 aliphatic carbocycles. The van der Waals surface area contributed by atoms with Crippen LogP contribution in [0, 0.1) is 12.7 Å². The third kappa shape index (κ3) is 2.61. The second-order valence-corrected chi connectivity index (χ2v) is 6.05. The Balaban J connectivity index is 1.95. The van der Waals surface area contributed by atoms with Crippen LogP contribution >= 0.6 is 11.3 Å². The Morgan fingerprint density at radius 1 is 1.33 bits per heavy atom. The molecular formula is C16H15FN2OS. The number of hydrogen-bond donors (Lipinski definition) is 0. The number of carbonyl (C=O) groups excluding carboxylic acids is 1. The fourth-order valence-corrected chi connectivity index (χ4v) is 3.56. The first-order valence-corrected chi connectivity index (χ1v) is 7.61. The standard InChI is InChI=1S/C16H15FN2OS/c1-10-7-8-21-16(10)15-9-14(18-19(15)11(2)20)12-3-5-13(17)6-4-12/h3-8,15H,9H2,1-2H3/t15-/m1/s1. The van der Waals surface area contributed by atoms with Gasteiger partial charge in [-0.25, -0.2) is 9.40 Å². The molecule has 0 N–H and O–H groups in total. The van der Waals surface area contributed by atoms with E-state index < -0.39 is 0 Å². The zero-order valence-corrected chi connectivity index (χ0v) is 12.7. The number of rotatable bonds is 2. The summed E-state index contributed by atoms with van der Waals surface area (Å²) in [7, 11) is 0. The monoisotopic (exact) mass is 302 g/mol. The van der Waals surface area contributed by atoms with E-state index in [0.717, 1.165) is 16.2 Å². The zero-order chi connectivity index (χ0) is 15.0. The van der Waals surface area contributed by atoms with E-state index in [1.54, 1.807) is 23.5 Å². The van der Waals surface area contributed by atoms with Gasteiger partial charge in [0.1, 0.15) is 5.82 Å². The second kappa shape index (κ2) is 5.41. The predicted octanol–water partition coefficient (Wildman–Crippen LogP) is 3.89. The molecule has 0 saturated carbocycles. The molecule has 1 atom stereocenters. The quantitative estimate of drug-likeness (QED) is 0.828. The van der Waals surface area contributed by atoms with Crippen molar-refractivity contribution in [1.29, 1.82) is 0 Å². The Morgan fingerprint density at radius 2 is 2.05 bits per heavy atom. The van der Waals surface area contributed by atoms with Crippen molar-refractivity contribution in [2.75, 3.05) is 0 Å². The van der Waals surface area contributed by atoms with Gasteiger partial charge in [0.2, 0.25) is 5.91 Å². The molecule has 1 aliphatic rings. The van der Waals surface area contributed by atoms with Gasteiger partial charge in [0.15, 0.2) is 0 Å². The van der Waals surface area contributed by atoms with Crippen LogP contribution in [0.5, 0.6) is 0 Å². The van der Waals surface area contributed by atoms with E-state index in [2.05, 4.69) is 5.10 Å². The number of halogens is 1. The molecule has 0 bridgehead atoms. The van der Waals surface area contributed by atoms with Crippen LogP contribution in [-0.4, -0.2) is 16.6 Å². The maximum atomic E-state index is 13.0. The minimum atomic E-state index is -0.272. The minimum absolute atomic E-state index is 0.0532. The highest BCUT2D eigenvalue weighted by atomic mass is 32.1. The van der Waals surface area contributed by atoms with Crippen molar-refractivity contribution in [3.8, 4) is 0 Å². The van der Waals surface area contributed by atoms with E-state index >= 15 is 0 Å². The molecule has 1 aliphatic heterocycles. The Bertz CT molecular complexity index is 705. The third-order valence-corrected chi connectivity index (χ3v) is 4.73. The van der Waals surface area contributed by atoms with Crippen molar-refractivity contribution < 1.29 is 9.18 Å². The van der Waals surface area contributed by atoms with Crippen molar-refractivity contribution >= 4 is 23.0 Å². The highest BCUT2D eigenvalue weighted by molar-refractivity contribution is 7.10. The summed E-state index contributed by atoms with van der Waals surface area (Å²) in [6, 6.07) is 8.24. The number of benzene rings is 1. The number of hydrazone groups is 1. The summed E-state index contributed by atoms with van der Waals surface area (Å²) >= 11 is 1.64. The maximum absolute atomic E-state index is 13.0. The highest BCUT2D eigenvalue weighted by Crippen LogP contribution is 2.37. The van der Waals surface area contributed by atoms with E-state index in [4.69, 9.17) is 0 Å². The van der Waals surface area contributed by atoms with Crippen molar-refractivity contribution in [2.45, 2.75) is 26.3 Å². The van der Waals surface area contributed by atoms with Gasteiger partial charge in [-0.15, -0.1) is 11.3 Å². The average Bonchev–Trinajstić information content (AvgIpc) is 3.05. The molecule has 1 aromatic carbocycles. The summed E-state index contributed by atoms with van der Waals surface area (Å²) in [6.45, 7) is 3.56. The average molecular weight is 302 g/mol. The zero-order valence-electron chi connectivity index (χ0n) is 11.8. The van der Waals surface area contributed by atoms with Crippen molar-refractivity contribution in [3.05, 3.63) is 57.5 Å². The van der Waals surface area contributed by atoms with Crippen LogP contribution in [0.3, 0.4) is 0 Å². The van der Waals surface area contributed by atoms with Gasteiger partial charge in [-0.2, -0.15) is 5.10 Å². The van der Waals surface area contributed by atoms with E-state index in [9.17, 15) is 9.18 Å². The van der Waals surface area contributed by atoms with E-state index in [-0.39, 0.29) is 17.8 Å². The smallest absolute Gasteiger partial charge is 0.240 e. The summed E-state index contributed by atoms with van der Waals surface area (Å²) in [5.74, 6) is -0.351. The Kier molecular flexibility index (Phi) is 3.59. The van der Waals surface area contributed by atoms with Gasteiger partial charge in [0.25, 0.3) is 0 Å². The van der Waals surface area contributed by atoms with E-state index in [1.807, 2.05) is 18.4 Å². The Labute approximate surface area is 126 Å². The fourth-order valence-electron chi connectivity index (χ4n) is 2.55. The Morgan fingerprint density at radius 3 is 2.62 bits per heavy atom. The van der Waals surface area contributed by atoms with Crippen LogP contribution in [0.25, 0.3) is 0 Å². The molecule has 1 amide bonds. The van der Waals surface area contributed by atoms with E-state index in [1.165, 1.54) is 29.6 Å². The number of amides is 1. The molecule has 0 spiro atoms. The summed E-state index contributed by atoms with van der Waals surface area (Å²) in [4.78, 5) is 13.0. The number of aryl methyl sites for hydroxylation is 1. The first-order valence-electron chi connectivity index (χ1n) is 6.73. The molecule has 3 rings (SSSR count). The van der Waals surface area contributed by atoms with Crippen molar-refractivity contribution in [2.24, 2.45) is 5.10 Å². The molecular weight excluding hydrogens is 287 g/mol. The summed E-state index contributed by atoms with van der Waals surface area (Å²) in [5.41, 5.74) is 2.86. The SMILES string of the molecule is CC(=O)N1N=C(c2ccc(F)cc2)C[C@@H]1c1sccc1C. The maximum Gasteiger partial charge on any atom is 0.240 e. The molecule has 21 heavy (non-hydrogen) atoms. The van der Waals surface area contributed by atoms with Crippen molar-refractivity contribution in [1.82, 2.24) is 5.01 Å². The molecule has 0 radical (unpaired) electrons. The lowest BCUT2D eigenvalue weighted by molar-refractivity contribution is -0.130.